The summed E-state index contributed by atoms with van der Waals surface area (Å²) in [7, 11) is 1.31. The number of esters is 1. The Balaban J connectivity index is 1.71. The van der Waals surface area contributed by atoms with Gasteiger partial charge in [-0.25, -0.2) is 18.9 Å². The monoisotopic (exact) mass is 414 g/mol. The van der Waals surface area contributed by atoms with Gasteiger partial charge in [-0.2, -0.15) is 0 Å². The number of halogens is 1. The van der Waals surface area contributed by atoms with E-state index in [2.05, 4.69) is 15.4 Å². The van der Waals surface area contributed by atoms with E-state index in [0.29, 0.717) is 24.4 Å². The quantitative estimate of drug-likeness (QED) is 0.647. The molecule has 3 aromatic rings. The zero-order chi connectivity index (χ0) is 20.4. The number of benzene rings is 1. The zero-order valence-corrected chi connectivity index (χ0v) is 16.5. The predicted octanol–water partition coefficient (Wildman–Crippen LogP) is 3.35. The van der Waals surface area contributed by atoms with E-state index in [4.69, 9.17) is 4.74 Å². The molecule has 1 fully saturated rings. The van der Waals surface area contributed by atoms with Gasteiger partial charge in [0.25, 0.3) is 5.91 Å². The molecule has 7 nitrogen and oxygen atoms in total. The number of amides is 1. The van der Waals surface area contributed by atoms with E-state index < -0.39 is 17.4 Å². The number of nitrogens with one attached hydrogen (secondary N) is 1. The van der Waals surface area contributed by atoms with Gasteiger partial charge in [-0.15, -0.1) is 16.4 Å². The molecule has 1 amide bonds. The van der Waals surface area contributed by atoms with Gasteiger partial charge in [0, 0.05) is 0 Å². The van der Waals surface area contributed by atoms with Crippen LogP contribution >= 0.6 is 11.3 Å². The number of hydrogen-bond acceptors (Lipinski definition) is 6. The normalized spacial score (nSPS) is 15.2. The second-order valence-corrected chi connectivity index (χ2v) is 7.81. The SMILES string of the molecule is COC(=O)C1(NC(=O)c2nc(-c3cccs3)n(-c3ccc(F)cc3)n2)CCCC1. The van der Waals surface area contributed by atoms with Crippen molar-refractivity contribution >= 4 is 23.2 Å². The summed E-state index contributed by atoms with van der Waals surface area (Å²) in [6, 6.07) is 9.50. The molecule has 0 aliphatic heterocycles. The first-order chi connectivity index (χ1) is 14.0. The Morgan fingerprint density at radius 1 is 1.21 bits per heavy atom. The van der Waals surface area contributed by atoms with Gasteiger partial charge >= 0.3 is 5.97 Å². The van der Waals surface area contributed by atoms with E-state index >= 15 is 0 Å². The minimum absolute atomic E-state index is 0.0621. The van der Waals surface area contributed by atoms with Crippen molar-refractivity contribution in [2.75, 3.05) is 7.11 Å². The highest BCUT2D eigenvalue weighted by Crippen LogP contribution is 2.31. The Morgan fingerprint density at radius 3 is 2.55 bits per heavy atom. The van der Waals surface area contributed by atoms with Gasteiger partial charge in [0.2, 0.25) is 5.82 Å². The third-order valence-electron chi connectivity index (χ3n) is 5.01. The molecule has 1 saturated carbocycles. The molecule has 0 unspecified atom stereocenters. The molecule has 0 atom stereocenters. The molecule has 0 radical (unpaired) electrons. The third-order valence-corrected chi connectivity index (χ3v) is 5.87. The number of nitrogens with zero attached hydrogens (tertiary/aromatic N) is 3. The van der Waals surface area contributed by atoms with Crippen molar-refractivity contribution in [3.63, 3.8) is 0 Å². The fraction of sp³-hybridized carbons (Fsp3) is 0.300. The fourth-order valence-electron chi connectivity index (χ4n) is 3.56. The lowest BCUT2D eigenvalue weighted by molar-refractivity contribution is -0.148. The minimum Gasteiger partial charge on any atom is -0.467 e. The molecule has 4 rings (SSSR count). The van der Waals surface area contributed by atoms with E-state index in [-0.39, 0.29) is 11.6 Å². The Hall–Kier alpha value is -3.07. The number of rotatable bonds is 5. The van der Waals surface area contributed by atoms with Crippen molar-refractivity contribution in [3.05, 3.63) is 53.4 Å². The van der Waals surface area contributed by atoms with Crippen LogP contribution in [0.15, 0.2) is 41.8 Å². The van der Waals surface area contributed by atoms with Gasteiger partial charge in [0.15, 0.2) is 5.82 Å². The summed E-state index contributed by atoms with van der Waals surface area (Å²) in [6.45, 7) is 0. The van der Waals surface area contributed by atoms with Crippen LogP contribution in [0.25, 0.3) is 16.4 Å². The second-order valence-electron chi connectivity index (χ2n) is 6.86. The highest BCUT2D eigenvalue weighted by molar-refractivity contribution is 7.13. The van der Waals surface area contributed by atoms with Crippen molar-refractivity contribution in [3.8, 4) is 16.4 Å². The molecule has 150 valence electrons. The molecule has 2 aromatic heterocycles. The first-order valence-electron chi connectivity index (χ1n) is 9.20. The number of carbonyl (C=O) groups excluding carboxylic acids is 2. The van der Waals surface area contributed by atoms with Gasteiger partial charge < -0.3 is 10.1 Å². The van der Waals surface area contributed by atoms with Gasteiger partial charge in [-0.1, -0.05) is 18.9 Å². The summed E-state index contributed by atoms with van der Waals surface area (Å²) in [6.07, 6.45) is 2.68. The van der Waals surface area contributed by atoms with E-state index in [1.165, 1.54) is 35.3 Å². The highest BCUT2D eigenvalue weighted by Gasteiger charge is 2.44. The maximum absolute atomic E-state index is 13.3. The largest absolute Gasteiger partial charge is 0.467 e. The number of carbonyl (C=O) groups is 2. The zero-order valence-electron chi connectivity index (χ0n) is 15.7. The van der Waals surface area contributed by atoms with Crippen LogP contribution in [0.5, 0.6) is 0 Å². The number of aromatic nitrogens is 3. The molecule has 1 aromatic carbocycles. The van der Waals surface area contributed by atoms with Gasteiger partial charge in [0.05, 0.1) is 17.7 Å². The maximum atomic E-state index is 13.3. The van der Waals surface area contributed by atoms with E-state index in [1.54, 1.807) is 12.1 Å². The molecule has 1 aliphatic carbocycles. The molecule has 1 N–H and O–H groups in total. The topological polar surface area (TPSA) is 86.1 Å². The van der Waals surface area contributed by atoms with Crippen LogP contribution < -0.4 is 5.32 Å². The Bertz CT molecular complexity index is 1020. The van der Waals surface area contributed by atoms with E-state index in [1.807, 2.05) is 17.5 Å². The number of thiophene rings is 1. The minimum atomic E-state index is -1.05. The Labute approximate surface area is 170 Å². The average Bonchev–Trinajstić information content (AvgIpc) is 3.48. The summed E-state index contributed by atoms with van der Waals surface area (Å²) in [5.41, 5.74) is -0.471. The van der Waals surface area contributed by atoms with Gasteiger partial charge in [-0.3, -0.25) is 4.79 Å². The molecule has 0 spiro atoms. The molecule has 9 heteroatoms. The van der Waals surface area contributed by atoms with Gasteiger partial charge in [-0.05, 0) is 48.6 Å². The van der Waals surface area contributed by atoms with Crippen LogP contribution in [0.1, 0.15) is 36.3 Å². The summed E-state index contributed by atoms with van der Waals surface area (Å²) < 4.78 is 19.7. The smallest absolute Gasteiger partial charge is 0.331 e. The van der Waals surface area contributed by atoms with E-state index in [9.17, 15) is 14.0 Å². The lowest BCUT2D eigenvalue weighted by Crippen LogP contribution is -2.53. The van der Waals surface area contributed by atoms with Crippen molar-refractivity contribution in [1.29, 1.82) is 0 Å². The molecule has 0 saturated heterocycles. The first-order valence-corrected chi connectivity index (χ1v) is 10.1. The summed E-state index contributed by atoms with van der Waals surface area (Å²) in [4.78, 5) is 30.5. The van der Waals surface area contributed by atoms with Crippen molar-refractivity contribution in [2.24, 2.45) is 0 Å². The standard InChI is InChI=1S/C20H19FN4O3S/c1-28-19(27)20(10-2-3-11-20)23-18(26)16-22-17(15-5-4-12-29-15)25(24-16)14-8-6-13(21)7-9-14/h4-9,12H,2-3,10-11H2,1H3,(H,23,26). The Morgan fingerprint density at radius 2 is 1.93 bits per heavy atom. The second kappa shape index (κ2) is 7.75. The van der Waals surface area contributed by atoms with Crippen LogP contribution in [0, 0.1) is 5.82 Å². The van der Waals surface area contributed by atoms with Crippen LogP contribution in [-0.4, -0.2) is 39.3 Å². The first kappa shape index (κ1) is 19.3. The number of hydrogen-bond donors (Lipinski definition) is 1. The van der Waals surface area contributed by atoms with Crippen LogP contribution in [0.2, 0.25) is 0 Å². The summed E-state index contributed by atoms with van der Waals surface area (Å²) in [5.74, 6) is -0.968. The fourth-order valence-corrected chi connectivity index (χ4v) is 4.26. The lowest BCUT2D eigenvalue weighted by Gasteiger charge is -2.26. The maximum Gasteiger partial charge on any atom is 0.331 e. The predicted molar refractivity (Wildman–Crippen MR) is 105 cm³/mol. The van der Waals surface area contributed by atoms with Crippen molar-refractivity contribution < 1.29 is 18.7 Å². The molecule has 1 aliphatic rings. The number of ether oxygens (including phenoxy) is 1. The molecular weight excluding hydrogens is 395 g/mol. The third kappa shape index (κ3) is 3.65. The van der Waals surface area contributed by atoms with Crippen LogP contribution in [0.4, 0.5) is 4.39 Å². The van der Waals surface area contributed by atoms with Gasteiger partial charge in [0.1, 0.15) is 11.4 Å². The van der Waals surface area contributed by atoms with Crippen molar-refractivity contribution in [2.45, 2.75) is 31.2 Å². The molecule has 2 heterocycles. The summed E-state index contributed by atoms with van der Waals surface area (Å²) in [5, 5.41) is 9.04. The highest BCUT2D eigenvalue weighted by atomic mass is 32.1. The molecular formula is C20H19FN4O3S. The van der Waals surface area contributed by atoms with Crippen molar-refractivity contribution in [1.82, 2.24) is 20.1 Å². The molecule has 0 bridgehead atoms. The van der Waals surface area contributed by atoms with E-state index in [0.717, 1.165) is 17.7 Å². The number of methoxy groups -OCH3 is 1. The summed E-state index contributed by atoms with van der Waals surface area (Å²) >= 11 is 1.45. The van der Waals surface area contributed by atoms with Crippen LogP contribution in [0.3, 0.4) is 0 Å². The lowest BCUT2D eigenvalue weighted by atomic mass is 9.97. The average molecular weight is 414 g/mol. The molecule has 29 heavy (non-hydrogen) atoms. The van der Waals surface area contributed by atoms with Crippen LogP contribution in [-0.2, 0) is 9.53 Å². The Kier molecular flexibility index (Phi) is 5.14.